The van der Waals surface area contributed by atoms with E-state index >= 15 is 0 Å². The van der Waals surface area contributed by atoms with Crippen molar-refractivity contribution in [3.63, 3.8) is 0 Å². The van der Waals surface area contributed by atoms with Crippen molar-refractivity contribution in [1.82, 2.24) is 5.43 Å². The van der Waals surface area contributed by atoms with E-state index in [2.05, 4.69) is 31.4 Å². The molecule has 0 bridgehead atoms. The van der Waals surface area contributed by atoms with Crippen LogP contribution in [0.1, 0.15) is 44.6 Å². The molecule has 1 heterocycles. The van der Waals surface area contributed by atoms with Crippen molar-refractivity contribution in [2.45, 2.75) is 51.2 Å². The van der Waals surface area contributed by atoms with Crippen LogP contribution in [0.2, 0.25) is 0 Å². The van der Waals surface area contributed by atoms with Gasteiger partial charge in [-0.2, -0.15) is 0 Å². The standard InChI is InChI=1S/C16H24N2O3/c1-3-11(2)12-4-6-13(7-5-12)20-10-14-8-9-15(21-14)16(19)18-17/h4-7,11,14-15H,3,8-10,17H2,1-2H3,(H,18,19). The van der Waals surface area contributed by atoms with E-state index < -0.39 is 6.10 Å². The number of hydrogen-bond acceptors (Lipinski definition) is 4. The van der Waals surface area contributed by atoms with Crippen molar-refractivity contribution >= 4 is 5.91 Å². The van der Waals surface area contributed by atoms with E-state index in [9.17, 15) is 4.79 Å². The molecule has 0 aliphatic carbocycles. The maximum Gasteiger partial charge on any atom is 0.263 e. The first kappa shape index (κ1) is 15.8. The van der Waals surface area contributed by atoms with Gasteiger partial charge in [-0.25, -0.2) is 5.84 Å². The molecule has 0 aromatic heterocycles. The van der Waals surface area contributed by atoms with Gasteiger partial charge in [-0.15, -0.1) is 0 Å². The van der Waals surface area contributed by atoms with E-state index in [1.807, 2.05) is 12.1 Å². The number of carbonyl (C=O) groups excluding carboxylic acids is 1. The number of nitrogens with two attached hydrogens (primary N) is 1. The van der Waals surface area contributed by atoms with Crippen molar-refractivity contribution in [2.75, 3.05) is 6.61 Å². The fraction of sp³-hybridized carbons (Fsp3) is 0.562. The lowest BCUT2D eigenvalue weighted by atomic mass is 9.99. The maximum atomic E-state index is 11.4. The van der Waals surface area contributed by atoms with Crippen molar-refractivity contribution < 1.29 is 14.3 Å². The molecule has 116 valence electrons. The molecule has 1 aliphatic rings. The summed E-state index contributed by atoms with van der Waals surface area (Å²) < 4.78 is 11.3. The summed E-state index contributed by atoms with van der Waals surface area (Å²) in [4.78, 5) is 11.4. The van der Waals surface area contributed by atoms with Gasteiger partial charge in [0.15, 0.2) is 0 Å². The van der Waals surface area contributed by atoms with Crippen molar-refractivity contribution in [3.05, 3.63) is 29.8 Å². The first-order valence-corrected chi connectivity index (χ1v) is 7.52. The molecule has 1 aliphatic heterocycles. The van der Waals surface area contributed by atoms with Crippen molar-refractivity contribution in [1.29, 1.82) is 0 Å². The molecule has 1 aromatic carbocycles. The summed E-state index contributed by atoms with van der Waals surface area (Å²) in [5.41, 5.74) is 3.44. The zero-order valence-electron chi connectivity index (χ0n) is 12.7. The first-order chi connectivity index (χ1) is 10.1. The molecule has 1 saturated heterocycles. The average Bonchev–Trinajstić information content (AvgIpc) is 3.01. The molecule has 5 nitrogen and oxygen atoms in total. The Kier molecular flexibility index (Phi) is 5.59. The Labute approximate surface area is 125 Å². The van der Waals surface area contributed by atoms with Crippen LogP contribution in [0.25, 0.3) is 0 Å². The summed E-state index contributed by atoms with van der Waals surface area (Å²) in [7, 11) is 0. The van der Waals surface area contributed by atoms with Gasteiger partial charge >= 0.3 is 0 Å². The molecule has 0 spiro atoms. The smallest absolute Gasteiger partial charge is 0.263 e. The van der Waals surface area contributed by atoms with E-state index in [0.29, 0.717) is 18.9 Å². The predicted octanol–water partition coefficient (Wildman–Crippen LogP) is 2.12. The van der Waals surface area contributed by atoms with Gasteiger partial charge in [0.2, 0.25) is 0 Å². The van der Waals surface area contributed by atoms with Crippen LogP contribution in [0, 0.1) is 0 Å². The molecule has 5 heteroatoms. The quantitative estimate of drug-likeness (QED) is 0.478. The van der Waals surface area contributed by atoms with Gasteiger partial charge in [-0.3, -0.25) is 10.2 Å². The topological polar surface area (TPSA) is 73.6 Å². The number of hydrogen-bond donors (Lipinski definition) is 2. The van der Waals surface area contributed by atoms with E-state index in [4.69, 9.17) is 15.3 Å². The first-order valence-electron chi connectivity index (χ1n) is 7.52. The van der Waals surface area contributed by atoms with Crippen LogP contribution in [0.4, 0.5) is 0 Å². The molecule has 0 radical (unpaired) electrons. The highest BCUT2D eigenvalue weighted by atomic mass is 16.5. The lowest BCUT2D eigenvalue weighted by Gasteiger charge is -2.14. The third kappa shape index (κ3) is 4.19. The fourth-order valence-electron chi connectivity index (χ4n) is 2.43. The molecule has 1 aromatic rings. The normalized spacial score (nSPS) is 22.8. The number of rotatable bonds is 6. The number of amides is 1. The number of benzene rings is 1. The Morgan fingerprint density at radius 3 is 2.76 bits per heavy atom. The Hall–Kier alpha value is -1.59. The van der Waals surface area contributed by atoms with Crippen LogP contribution in [0.15, 0.2) is 24.3 Å². The summed E-state index contributed by atoms with van der Waals surface area (Å²) in [5.74, 6) is 6.23. The molecular formula is C16H24N2O3. The molecule has 3 atom stereocenters. The highest BCUT2D eigenvalue weighted by molar-refractivity contribution is 5.80. The van der Waals surface area contributed by atoms with Gasteiger partial charge in [0.05, 0.1) is 6.10 Å². The third-order valence-corrected chi connectivity index (χ3v) is 4.04. The molecule has 21 heavy (non-hydrogen) atoms. The van der Waals surface area contributed by atoms with Crippen molar-refractivity contribution in [2.24, 2.45) is 5.84 Å². The lowest BCUT2D eigenvalue weighted by Crippen LogP contribution is -2.39. The number of ether oxygens (including phenoxy) is 2. The highest BCUT2D eigenvalue weighted by Crippen LogP contribution is 2.23. The van der Waals surface area contributed by atoms with E-state index in [-0.39, 0.29) is 12.0 Å². The Balaban J connectivity index is 1.80. The molecule has 2 rings (SSSR count). The van der Waals surface area contributed by atoms with E-state index in [1.165, 1.54) is 5.56 Å². The monoisotopic (exact) mass is 292 g/mol. The molecule has 0 saturated carbocycles. The van der Waals surface area contributed by atoms with Gasteiger partial charge in [-0.1, -0.05) is 26.0 Å². The lowest BCUT2D eigenvalue weighted by molar-refractivity contribution is -0.132. The van der Waals surface area contributed by atoms with Gasteiger partial charge in [0, 0.05) is 0 Å². The minimum Gasteiger partial charge on any atom is -0.491 e. The van der Waals surface area contributed by atoms with Crippen LogP contribution < -0.4 is 16.0 Å². The SMILES string of the molecule is CCC(C)c1ccc(OCC2CCC(C(=O)NN)O2)cc1. The minimum atomic E-state index is -0.448. The van der Waals surface area contributed by atoms with Crippen LogP contribution in [-0.4, -0.2) is 24.7 Å². The van der Waals surface area contributed by atoms with Crippen LogP contribution >= 0.6 is 0 Å². The zero-order valence-corrected chi connectivity index (χ0v) is 12.7. The Morgan fingerprint density at radius 2 is 2.14 bits per heavy atom. The average molecular weight is 292 g/mol. The second kappa shape index (κ2) is 7.43. The summed E-state index contributed by atoms with van der Waals surface area (Å²) in [6.07, 6.45) is 2.12. The number of hydrazine groups is 1. The summed E-state index contributed by atoms with van der Waals surface area (Å²) >= 11 is 0. The Morgan fingerprint density at radius 1 is 1.43 bits per heavy atom. The van der Waals surface area contributed by atoms with Gasteiger partial charge in [-0.05, 0) is 42.9 Å². The van der Waals surface area contributed by atoms with Crippen LogP contribution in [-0.2, 0) is 9.53 Å². The zero-order chi connectivity index (χ0) is 15.2. The van der Waals surface area contributed by atoms with Crippen molar-refractivity contribution in [3.8, 4) is 5.75 Å². The largest absolute Gasteiger partial charge is 0.491 e. The number of carbonyl (C=O) groups is 1. The van der Waals surface area contributed by atoms with Crippen LogP contribution in [0.5, 0.6) is 5.75 Å². The second-order valence-electron chi connectivity index (χ2n) is 5.52. The summed E-state index contributed by atoms with van der Waals surface area (Å²) in [5, 5.41) is 0. The highest BCUT2D eigenvalue weighted by Gasteiger charge is 2.30. The number of nitrogens with one attached hydrogen (secondary N) is 1. The minimum absolute atomic E-state index is 0.0541. The molecule has 1 amide bonds. The third-order valence-electron chi connectivity index (χ3n) is 4.04. The molecule has 3 N–H and O–H groups in total. The van der Waals surface area contributed by atoms with Gasteiger partial charge < -0.3 is 9.47 Å². The van der Waals surface area contributed by atoms with Gasteiger partial charge in [0.1, 0.15) is 18.5 Å². The maximum absolute atomic E-state index is 11.4. The van der Waals surface area contributed by atoms with Crippen LogP contribution in [0.3, 0.4) is 0 Å². The molecule has 3 unspecified atom stereocenters. The second-order valence-corrected chi connectivity index (χ2v) is 5.52. The predicted molar refractivity (Wildman–Crippen MR) is 80.9 cm³/mol. The summed E-state index contributed by atoms with van der Waals surface area (Å²) in [6.45, 7) is 4.85. The fourth-order valence-corrected chi connectivity index (χ4v) is 2.43. The van der Waals surface area contributed by atoms with E-state index in [0.717, 1.165) is 18.6 Å². The molecule has 1 fully saturated rings. The Bertz CT molecular complexity index is 461. The van der Waals surface area contributed by atoms with Gasteiger partial charge in [0.25, 0.3) is 5.91 Å². The van der Waals surface area contributed by atoms with E-state index in [1.54, 1.807) is 0 Å². The summed E-state index contributed by atoms with van der Waals surface area (Å²) in [6, 6.07) is 8.17. The molecular weight excluding hydrogens is 268 g/mol.